The number of rotatable bonds is 6. The van der Waals surface area contributed by atoms with Crippen molar-refractivity contribution < 1.29 is 23.5 Å². The number of halogens is 2. The molecule has 0 unspecified atom stereocenters. The largest absolute Gasteiger partial charge is 0.482 e. The van der Waals surface area contributed by atoms with Crippen molar-refractivity contribution in [3.8, 4) is 5.75 Å². The van der Waals surface area contributed by atoms with Crippen LogP contribution in [0.5, 0.6) is 5.75 Å². The van der Waals surface area contributed by atoms with E-state index in [2.05, 4.69) is 5.32 Å². The SMILES string of the molecule is O=C(COC(=O)COc1ccc2oc3c(c2c1)CCCC3)Nc1c(Cl)cccc1Cl. The zero-order chi connectivity index (χ0) is 21.1. The first-order chi connectivity index (χ1) is 14.5. The van der Waals surface area contributed by atoms with Crippen LogP contribution >= 0.6 is 23.2 Å². The summed E-state index contributed by atoms with van der Waals surface area (Å²) in [5.74, 6) is 0.368. The Kier molecular flexibility index (Phi) is 6.16. The van der Waals surface area contributed by atoms with Gasteiger partial charge in [-0.15, -0.1) is 0 Å². The van der Waals surface area contributed by atoms with Gasteiger partial charge in [0.1, 0.15) is 17.1 Å². The molecule has 4 rings (SSSR count). The van der Waals surface area contributed by atoms with Crippen LogP contribution in [0.2, 0.25) is 10.0 Å². The third-order valence-electron chi connectivity index (χ3n) is 4.87. The van der Waals surface area contributed by atoms with Crippen LogP contribution in [0, 0.1) is 0 Å². The van der Waals surface area contributed by atoms with E-state index in [1.807, 2.05) is 12.1 Å². The standard InChI is InChI=1S/C22H19Cl2NO5/c23-16-5-3-6-17(24)22(16)25-20(26)11-29-21(27)12-28-13-8-9-19-15(10-13)14-4-1-2-7-18(14)30-19/h3,5-6,8-10H,1-2,4,7,11-12H2,(H,25,26). The van der Waals surface area contributed by atoms with E-state index in [0.717, 1.165) is 42.4 Å². The van der Waals surface area contributed by atoms with Crippen molar-refractivity contribution in [3.63, 3.8) is 0 Å². The number of nitrogens with one attached hydrogen (secondary N) is 1. The third kappa shape index (κ3) is 4.55. The van der Waals surface area contributed by atoms with Crippen LogP contribution in [0.1, 0.15) is 24.2 Å². The third-order valence-corrected chi connectivity index (χ3v) is 5.50. The van der Waals surface area contributed by atoms with Crippen molar-refractivity contribution in [2.75, 3.05) is 18.5 Å². The van der Waals surface area contributed by atoms with E-state index in [1.165, 1.54) is 5.56 Å². The van der Waals surface area contributed by atoms with Gasteiger partial charge in [-0.3, -0.25) is 4.79 Å². The van der Waals surface area contributed by atoms with Gasteiger partial charge in [0.2, 0.25) is 0 Å². The molecule has 0 radical (unpaired) electrons. The van der Waals surface area contributed by atoms with Gasteiger partial charge >= 0.3 is 5.97 Å². The molecule has 0 atom stereocenters. The predicted molar refractivity (Wildman–Crippen MR) is 114 cm³/mol. The van der Waals surface area contributed by atoms with Crippen LogP contribution in [0.25, 0.3) is 11.0 Å². The highest BCUT2D eigenvalue weighted by Gasteiger charge is 2.18. The molecular weight excluding hydrogens is 429 g/mol. The summed E-state index contributed by atoms with van der Waals surface area (Å²) >= 11 is 12.0. The van der Waals surface area contributed by atoms with Gasteiger partial charge in [0.05, 0.1) is 15.7 Å². The van der Waals surface area contributed by atoms with Crippen LogP contribution in [0.3, 0.4) is 0 Å². The monoisotopic (exact) mass is 447 g/mol. The van der Waals surface area contributed by atoms with Crippen LogP contribution in [-0.2, 0) is 27.2 Å². The van der Waals surface area contributed by atoms with E-state index < -0.39 is 18.5 Å². The first kappa shape index (κ1) is 20.6. The quantitative estimate of drug-likeness (QED) is 0.526. The number of ether oxygens (including phenoxy) is 2. The normalized spacial score (nSPS) is 13.0. The number of para-hydroxylation sites is 1. The number of carbonyl (C=O) groups excluding carboxylic acids is 2. The minimum Gasteiger partial charge on any atom is -0.482 e. The number of benzene rings is 2. The molecule has 156 valence electrons. The summed E-state index contributed by atoms with van der Waals surface area (Å²) in [6.45, 7) is -0.788. The van der Waals surface area contributed by atoms with E-state index in [0.29, 0.717) is 15.8 Å². The van der Waals surface area contributed by atoms with Gasteiger partial charge in [-0.05, 0) is 49.6 Å². The topological polar surface area (TPSA) is 77.8 Å². The number of amides is 1. The maximum atomic E-state index is 12.0. The van der Waals surface area contributed by atoms with Crippen LogP contribution in [0.4, 0.5) is 5.69 Å². The molecule has 0 fully saturated rings. The first-order valence-electron chi connectivity index (χ1n) is 9.58. The van der Waals surface area contributed by atoms with Crippen LogP contribution < -0.4 is 10.1 Å². The Balaban J connectivity index is 1.30. The van der Waals surface area contributed by atoms with E-state index in [1.54, 1.807) is 24.3 Å². The molecule has 3 aromatic rings. The average Bonchev–Trinajstić information content (AvgIpc) is 3.11. The predicted octanol–water partition coefficient (Wildman–Crippen LogP) is 5.18. The molecule has 1 heterocycles. The molecule has 0 saturated carbocycles. The van der Waals surface area contributed by atoms with Crippen molar-refractivity contribution in [1.29, 1.82) is 0 Å². The zero-order valence-corrected chi connectivity index (χ0v) is 17.5. The molecule has 1 aliphatic rings. The van der Waals surface area contributed by atoms with Gasteiger partial charge in [-0.25, -0.2) is 4.79 Å². The highest BCUT2D eigenvalue weighted by Crippen LogP contribution is 2.34. The summed E-state index contributed by atoms with van der Waals surface area (Å²) in [6, 6.07) is 10.3. The Bertz CT molecular complexity index is 1090. The lowest BCUT2D eigenvalue weighted by atomic mass is 9.96. The number of hydrogen-bond acceptors (Lipinski definition) is 5. The maximum absolute atomic E-state index is 12.0. The van der Waals surface area contributed by atoms with Gasteiger partial charge in [-0.2, -0.15) is 0 Å². The molecule has 0 bridgehead atoms. The molecule has 1 aliphatic carbocycles. The Hall–Kier alpha value is -2.70. The summed E-state index contributed by atoms with van der Waals surface area (Å²) in [7, 11) is 0. The minimum absolute atomic E-state index is 0.273. The summed E-state index contributed by atoms with van der Waals surface area (Å²) in [5, 5.41) is 4.13. The maximum Gasteiger partial charge on any atom is 0.344 e. The minimum atomic E-state index is -0.662. The fraction of sp³-hybridized carbons (Fsp3) is 0.273. The number of anilines is 1. The molecule has 30 heavy (non-hydrogen) atoms. The van der Waals surface area contributed by atoms with Gasteiger partial charge < -0.3 is 19.2 Å². The lowest BCUT2D eigenvalue weighted by molar-refractivity contribution is -0.149. The van der Waals surface area contributed by atoms with Crippen molar-refractivity contribution in [2.45, 2.75) is 25.7 Å². The highest BCUT2D eigenvalue weighted by molar-refractivity contribution is 6.39. The second-order valence-corrected chi connectivity index (χ2v) is 7.78. The van der Waals surface area contributed by atoms with E-state index >= 15 is 0 Å². The van der Waals surface area contributed by atoms with Crippen molar-refractivity contribution >= 4 is 51.7 Å². The Morgan fingerprint density at radius 3 is 2.60 bits per heavy atom. The fourth-order valence-electron chi connectivity index (χ4n) is 3.45. The first-order valence-corrected chi connectivity index (χ1v) is 10.3. The number of carbonyl (C=O) groups is 2. The van der Waals surface area contributed by atoms with E-state index in [4.69, 9.17) is 37.1 Å². The summed E-state index contributed by atoms with van der Waals surface area (Å²) in [5.41, 5.74) is 2.32. The number of aryl methyl sites for hydroxylation is 2. The Morgan fingerprint density at radius 1 is 1.03 bits per heavy atom. The number of esters is 1. The van der Waals surface area contributed by atoms with Crippen molar-refractivity contribution in [1.82, 2.24) is 0 Å². The molecule has 0 aliphatic heterocycles. The molecule has 0 saturated heterocycles. The van der Waals surface area contributed by atoms with Gasteiger partial charge in [-0.1, -0.05) is 29.3 Å². The number of hydrogen-bond donors (Lipinski definition) is 1. The number of fused-ring (bicyclic) bond motifs is 3. The summed E-state index contributed by atoms with van der Waals surface area (Å²) in [4.78, 5) is 23.9. The Morgan fingerprint density at radius 2 is 1.80 bits per heavy atom. The molecule has 2 aromatic carbocycles. The molecular formula is C22H19Cl2NO5. The molecule has 0 spiro atoms. The molecule has 8 heteroatoms. The van der Waals surface area contributed by atoms with Gasteiger partial charge in [0, 0.05) is 17.4 Å². The summed E-state index contributed by atoms with van der Waals surface area (Å²) in [6.07, 6.45) is 4.21. The second kappa shape index (κ2) is 8.98. The fourth-order valence-corrected chi connectivity index (χ4v) is 3.95. The smallest absolute Gasteiger partial charge is 0.344 e. The molecule has 1 aromatic heterocycles. The van der Waals surface area contributed by atoms with Crippen molar-refractivity contribution in [3.05, 3.63) is 57.8 Å². The van der Waals surface area contributed by atoms with Gasteiger partial charge in [0.15, 0.2) is 13.2 Å². The summed E-state index contributed by atoms with van der Waals surface area (Å²) < 4.78 is 16.4. The highest BCUT2D eigenvalue weighted by atomic mass is 35.5. The van der Waals surface area contributed by atoms with Gasteiger partial charge in [0.25, 0.3) is 5.91 Å². The molecule has 1 amide bonds. The average molecular weight is 448 g/mol. The van der Waals surface area contributed by atoms with E-state index in [-0.39, 0.29) is 12.3 Å². The second-order valence-electron chi connectivity index (χ2n) is 6.96. The lowest BCUT2D eigenvalue weighted by Crippen LogP contribution is -2.23. The lowest BCUT2D eigenvalue weighted by Gasteiger charge is -2.10. The molecule has 6 nitrogen and oxygen atoms in total. The van der Waals surface area contributed by atoms with E-state index in [9.17, 15) is 9.59 Å². The number of furan rings is 1. The molecule has 1 N–H and O–H groups in total. The van der Waals surface area contributed by atoms with Crippen LogP contribution in [-0.4, -0.2) is 25.1 Å². The van der Waals surface area contributed by atoms with Crippen LogP contribution in [0.15, 0.2) is 40.8 Å². The zero-order valence-electron chi connectivity index (χ0n) is 16.0. The van der Waals surface area contributed by atoms with Crippen molar-refractivity contribution in [2.24, 2.45) is 0 Å². The Labute approximate surface area is 183 Å².